The van der Waals surface area contributed by atoms with Gasteiger partial charge in [-0.1, -0.05) is 38.5 Å². The molecule has 6 nitrogen and oxygen atoms in total. The standard InChI is InChI=1S/C25H38N4O2/c30-23(15-18-7-3-1-4-8-18)29-13-11-19(16-29)24-26-22-17-28(20-9-5-2-6-10-20)14-12-21(22)25(31)27-24/h18-20H,1-17H2,(H,26,27,31). The van der Waals surface area contributed by atoms with Crippen LogP contribution in [0, 0.1) is 5.92 Å². The lowest BCUT2D eigenvalue weighted by molar-refractivity contribution is -0.131. The van der Waals surface area contributed by atoms with Crippen molar-refractivity contribution in [3.05, 3.63) is 27.4 Å². The van der Waals surface area contributed by atoms with E-state index in [2.05, 4.69) is 9.88 Å². The Kier molecular flexibility index (Phi) is 6.44. The number of carbonyl (C=O) groups is 1. The predicted octanol–water partition coefficient (Wildman–Crippen LogP) is 3.75. The first-order valence-electron chi connectivity index (χ1n) is 12.8. The lowest BCUT2D eigenvalue weighted by Crippen LogP contribution is -2.42. The Bertz CT molecular complexity index is 838. The molecule has 2 saturated carbocycles. The van der Waals surface area contributed by atoms with E-state index in [0.717, 1.165) is 49.6 Å². The molecule has 3 fully saturated rings. The van der Waals surface area contributed by atoms with Gasteiger partial charge in [0.25, 0.3) is 5.56 Å². The van der Waals surface area contributed by atoms with Gasteiger partial charge in [0.2, 0.25) is 5.91 Å². The summed E-state index contributed by atoms with van der Waals surface area (Å²) < 4.78 is 0. The fraction of sp³-hybridized carbons (Fsp3) is 0.800. The van der Waals surface area contributed by atoms with Gasteiger partial charge in [-0.3, -0.25) is 14.5 Å². The second kappa shape index (κ2) is 9.43. The Hall–Kier alpha value is -1.69. The van der Waals surface area contributed by atoms with Gasteiger partial charge in [-0.15, -0.1) is 0 Å². The largest absolute Gasteiger partial charge is 0.342 e. The molecule has 3 heterocycles. The molecule has 0 bridgehead atoms. The van der Waals surface area contributed by atoms with Crippen LogP contribution in [0.3, 0.4) is 0 Å². The number of amides is 1. The fourth-order valence-corrected chi connectivity index (χ4v) is 6.41. The molecule has 2 aliphatic carbocycles. The Labute approximate surface area is 185 Å². The molecule has 170 valence electrons. The molecule has 0 radical (unpaired) electrons. The Morgan fingerprint density at radius 2 is 1.71 bits per heavy atom. The van der Waals surface area contributed by atoms with E-state index in [1.807, 2.05) is 4.90 Å². The van der Waals surface area contributed by atoms with E-state index >= 15 is 0 Å². The van der Waals surface area contributed by atoms with Crippen molar-refractivity contribution in [1.29, 1.82) is 0 Å². The number of H-pyrrole nitrogens is 1. The normalized spacial score (nSPS) is 26.2. The highest BCUT2D eigenvalue weighted by Crippen LogP contribution is 2.31. The van der Waals surface area contributed by atoms with Crippen molar-refractivity contribution in [3.8, 4) is 0 Å². The monoisotopic (exact) mass is 426 g/mol. The molecule has 6 heteroatoms. The van der Waals surface area contributed by atoms with Crippen molar-refractivity contribution in [2.45, 2.75) is 102 Å². The summed E-state index contributed by atoms with van der Waals surface area (Å²) in [5.74, 6) is 1.85. The molecule has 1 N–H and O–H groups in total. The van der Waals surface area contributed by atoms with Gasteiger partial charge in [-0.2, -0.15) is 0 Å². The average molecular weight is 427 g/mol. The summed E-state index contributed by atoms with van der Waals surface area (Å²) in [5, 5.41) is 0. The number of hydrogen-bond acceptors (Lipinski definition) is 4. The van der Waals surface area contributed by atoms with E-state index in [0.29, 0.717) is 30.8 Å². The van der Waals surface area contributed by atoms with Gasteiger partial charge in [0, 0.05) is 50.1 Å². The second-order valence-electron chi connectivity index (χ2n) is 10.4. The highest BCUT2D eigenvalue weighted by molar-refractivity contribution is 5.76. The SMILES string of the molecule is O=C(CC1CCCCC1)N1CCC(c2nc3c(c(=O)[nH]2)CCN(C2CCCCC2)C3)C1. The quantitative estimate of drug-likeness (QED) is 0.796. The number of fused-ring (bicyclic) bond motifs is 1. The van der Waals surface area contributed by atoms with Crippen LogP contribution >= 0.6 is 0 Å². The van der Waals surface area contributed by atoms with Crippen molar-refractivity contribution >= 4 is 5.91 Å². The number of nitrogens with one attached hydrogen (secondary N) is 1. The molecule has 2 aliphatic heterocycles. The number of aromatic nitrogens is 2. The van der Waals surface area contributed by atoms with E-state index in [9.17, 15) is 9.59 Å². The smallest absolute Gasteiger partial charge is 0.254 e. The van der Waals surface area contributed by atoms with E-state index in [1.54, 1.807) is 0 Å². The molecule has 4 aliphatic rings. The lowest BCUT2D eigenvalue weighted by Gasteiger charge is -2.37. The van der Waals surface area contributed by atoms with Crippen LogP contribution in [0.25, 0.3) is 0 Å². The number of rotatable bonds is 4. The van der Waals surface area contributed by atoms with Crippen LogP contribution in [-0.4, -0.2) is 51.4 Å². The molecule has 0 spiro atoms. The number of aromatic amines is 1. The molecule has 31 heavy (non-hydrogen) atoms. The van der Waals surface area contributed by atoms with Crippen LogP contribution < -0.4 is 5.56 Å². The van der Waals surface area contributed by atoms with Crippen LogP contribution in [0.1, 0.15) is 100 Å². The molecule has 1 unspecified atom stereocenters. The van der Waals surface area contributed by atoms with E-state index < -0.39 is 0 Å². The topological polar surface area (TPSA) is 69.3 Å². The molecular weight excluding hydrogens is 388 g/mol. The number of likely N-dealkylation sites (tertiary alicyclic amines) is 1. The van der Waals surface area contributed by atoms with Gasteiger partial charge >= 0.3 is 0 Å². The molecule has 5 rings (SSSR count). The summed E-state index contributed by atoms with van der Waals surface area (Å²) in [6.45, 7) is 3.30. The maximum absolute atomic E-state index is 12.8. The zero-order valence-corrected chi connectivity index (χ0v) is 18.9. The third-order valence-corrected chi connectivity index (χ3v) is 8.33. The van der Waals surface area contributed by atoms with Gasteiger partial charge in [-0.05, 0) is 44.4 Å². The Balaban J connectivity index is 1.24. The van der Waals surface area contributed by atoms with Crippen LogP contribution in [0.2, 0.25) is 0 Å². The zero-order chi connectivity index (χ0) is 21.2. The molecule has 1 atom stereocenters. The minimum absolute atomic E-state index is 0.0512. The lowest BCUT2D eigenvalue weighted by atomic mass is 9.87. The van der Waals surface area contributed by atoms with Gasteiger partial charge in [0.05, 0.1) is 5.69 Å². The molecule has 1 aromatic heterocycles. The van der Waals surface area contributed by atoms with Crippen LogP contribution in [0.4, 0.5) is 0 Å². The maximum Gasteiger partial charge on any atom is 0.254 e. The van der Waals surface area contributed by atoms with Crippen LogP contribution in [0.5, 0.6) is 0 Å². The average Bonchev–Trinajstić information content (AvgIpc) is 3.31. The van der Waals surface area contributed by atoms with Crippen molar-refractivity contribution in [2.75, 3.05) is 19.6 Å². The highest BCUT2D eigenvalue weighted by Gasteiger charge is 2.32. The van der Waals surface area contributed by atoms with E-state index in [1.165, 1.54) is 64.2 Å². The first-order chi connectivity index (χ1) is 15.2. The van der Waals surface area contributed by atoms with Crippen molar-refractivity contribution in [1.82, 2.24) is 19.8 Å². The fourth-order valence-electron chi connectivity index (χ4n) is 6.41. The summed E-state index contributed by atoms with van der Waals surface area (Å²) >= 11 is 0. The minimum Gasteiger partial charge on any atom is -0.342 e. The Morgan fingerprint density at radius 3 is 2.48 bits per heavy atom. The molecule has 1 aromatic rings. The third-order valence-electron chi connectivity index (χ3n) is 8.33. The third kappa shape index (κ3) is 4.74. The number of nitrogens with zero attached hydrogens (tertiary/aromatic N) is 3. The summed E-state index contributed by atoms with van der Waals surface area (Å²) in [6.07, 6.45) is 15.3. The second-order valence-corrected chi connectivity index (χ2v) is 10.4. The minimum atomic E-state index is 0.0512. The summed E-state index contributed by atoms with van der Waals surface area (Å²) in [5.41, 5.74) is 1.93. The summed E-state index contributed by atoms with van der Waals surface area (Å²) in [7, 11) is 0. The first kappa shape index (κ1) is 21.2. The van der Waals surface area contributed by atoms with Crippen LogP contribution in [-0.2, 0) is 17.8 Å². The molecule has 1 amide bonds. The molecule has 1 saturated heterocycles. The number of hydrogen-bond donors (Lipinski definition) is 1. The van der Waals surface area contributed by atoms with Gasteiger partial charge in [0.1, 0.15) is 5.82 Å². The predicted molar refractivity (Wildman–Crippen MR) is 121 cm³/mol. The zero-order valence-electron chi connectivity index (χ0n) is 18.9. The van der Waals surface area contributed by atoms with Crippen LogP contribution in [0.15, 0.2) is 4.79 Å². The van der Waals surface area contributed by atoms with Gasteiger partial charge in [0.15, 0.2) is 0 Å². The maximum atomic E-state index is 12.8. The summed E-state index contributed by atoms with van der Waals surface area (Å²) in [4.78, 5) is 38.3. The molecule has 0 aromatic carbocycles. The highest BCUT2D eigenvalue weighted by atomic mass is 16.2. The number of carbonyl (C=O) groups excluding carboxylic acids is 1. The summed E-state index contributed by atoms with van der Waals surface area (Å²) in [6, 6.07) is 0.658. The van der Waals surface area contributed by atoms with Gasteiger partial charge < -0.3 is 9.88 Å². The van der Waals surface area contributed by atoms with Crippen molar-refractivity contribution < 1.29 is 4.79 Å². The first-order valence-corrected chi connectivity index (χ1v) is 12.8. The van der Waals surface area contributed by atoms with Gasteiger partial charge in [-0.25, -0.2) is 4.98 Å². The van der Waals surface area contributed by atoms with Crippen molar-refractivity contribution in [2.24, 2.45) is 5.92 Å². The van der Waals surface area contributed by atoms with E-state index in [-0.39, 0.29) is 11.5 Å². The van der Waals surface area contributed by atoms with E-state index in [4.69, 9.17) is 4.98 Å². The Morgan fingerprint density at radius 1 is 0.968 bits per heavy atom. The van der Waals surface area contributed by atoms with Crippen molar-refractivity contribution in [3.63, 3.8) is 0 Å². The molecular formula is C25H38N4O2.